The number of hydrogen-bond donors (Lipinski definition) is 2. The average molecular weight is 390 g/mol. The van der Waals surface area contributed by atoms with Crippen LogP contribution in [0.15, 0.2) is 47.4 Å². The highest BCUT2D eigenvalue weighted by Gasteiger charge is 2.19. The van der Waals surface area contributed by atoms with E-state index in [1.54, 1.807) is 30.3 Å². The first-order chi connectivity index (χ1) is 12.5. The molecule has 1 aliphatic rings. The Labute approximate surface area is 153 Å². The Kier molecular flexibility index (Phi) is 4.13. The minimum absolute atomic E-state index is 0.0997. The van der Waals surface area contributed by atoms with E-state index in [1.165, 1.54) is 23.5 Å². The van der Waals surface area contributed by atoms with Crippen LogP contribution in [0.25, 0.3) is 10.6 Å². The Bertz CT molecular complexity index is 1050. The van der Waals surface area contributed by atoms with Crippen LogP contribution in [0.2, 0.25) is 0 Å². The molecule has 8 nitrogen and oxygen atoms in total. The van der Waals surface area contributed by atoms with E-state index in [2.05, 4.69) is 14.9 Å². The number of aromatic nitrogens is 2. The zero-order chi connectivity index (χ0) is 18.1. The molecule has 0 radical (unpaired) electrons. The van der Waals surface area contributed by atoms with E-state index in [-0.39, 0.29) is 4.90 Å². The van der Waals surface area contributed by atoms with Gasteiger partial charge in [0.2, 0.25) is 5.13 Å². The predicted molar refractivity (Wildman–Crippen MR) is 98.0 cm³/mol. The van der Waals surface area contributed by atoms with Gasteiger partial charge in [-0.1, -0.05) is 11.3 Å². The lowest BCUT2D eigenvalue weighted by Crippen LogP contribution is -2.17. The molecule has 0 fully saturated rings. The summed E-state index contributed by atoms with van der Waals surface area (Å²) in [6.45, 7) is 0.839. The molecule has 0 unspecified atom stereocenters. The molecule has 1 aromatic heterocycles. The molecule has 1 aliphatic heterocycles. The first-order valence-electron chi connectivity index (χ1n) is 7.63. The fourth-order valence-corrected chi connectivity index (χ4v) is 4.13. The molecule has 3 aromatic rings. The van der Waals surface area contributed by atoms with Gasteiger partial charge in [0.1, 0.15) is 18.2 Å². The Morgan fingerprint density at radius 1 is 1.00 bits per heavy atom. The number of nitrogen functional groups attached to an aromatic ring is 1. The van der Waals surface area contributed by atoms with Gasteiger partial charge < -0.3 is 15.2 Å². The number of rotatable bonds is 4. The van der Waals surface area contributed by atoms with E-state index < -0.39 is 10.0 Å². The van der Waals surface area contributed by atoms with Crippen molar-refractivity contribution in [2.45, 2.75) is 4.90 Å². The lowest BCUT2D eigenvalue weighted by molar-refractivity contribution is 0.171. The van der Waals surface area contributed by atoms with Crippen LogP contribution in [-0.2, 0) is 10.0 Å². The monoisotopic (exact) mass is 390 g/mol. The average Bonchev–Trinajstić information content (AvgIpc) is 3.08. The molecule has 0 atom stereocenters. The predicted octanol–water partition coefficient (Wildman–Crippen LogP) is 2.36. The van der Waals surface area contributed by atoms with Crippen LogP contribution >= 0.6 is 11.3 Å². The maximum Gasteiger partial charge on any atom is 0.262 e. The van der Waals surface area contributed by atoms with Crippen LogP contribution < -0.4 is 19.9 Å². The summed E-state index contributed by atoms with van der Waals surface area (Å²) in [5.41, 5.74) is 6.81. The second-order valence-electron chi connectivity index (χ2n) is 5.43. The van der Waals surface area contributed by atoms with Gasteiger partial charge in [-0.15, -0.1) is 10.2 Å². The molecule has 0 bridgehead atoms. The molecular formula is C16H14N4O4S2. The molecule has 0 saturated heterocycles. The minimum Gasteiger partial charge on any atom is -0.486 e. The van der Waals surface area contributed by atoms with Crippen molar-refractivity contribution >= 4 is 32.2 Å². The van der Waals surface area contributed by atoms with Crippen molar-refractivity contribution in [3.05, 3.63) is 42.5 Å². The van der Waals surface area contributed by atoms with Gasteiger partial charge in [-0.3, -0.25) is 4.72 Å². The van der Waals surface area contributed by atoms with Crippen molar-refractivity contribution in [2.24, 2.45) is 0 Å². The molecule has 0 amide bonds. The van der Waals surface area contributed by atoms with Crippen molar-refractivity contribution in [1.82, 2.24) is 10.2 Å². The van der Waals surface area contributed by atoms with E-state index in [0.29, 0.717) is 40.5 Å². The third-order valence-corrected chi connectivity index (χ3v) is 5.83. The molecule has 0 aliphatic carbocycles. The molecule has 134 valence electrons. The van der Waals surface area contributed by atoms with Gasteiger partial charge in [0.15, 0.2) is 11.5 Å². The quantitative estimate of drug-likeness (QED) is 0.702. The molecule has 0 spiro atoms. The number of anilines is 2. The van der Waals surface area contributed by atoms with Crippen molar-refractivity contribution in [3.63, 3.8) is 0 Å². The summed E-state index contributed by atoms with van der Waals surface area (Å²) in [5.74, 6) is 0.958. The number of nitrogens with two attached hydrogens (primary N) is 1. The van der Waals surface area contributed by atoms with E-state index in [4.69, 9.17) is 15.2 Å². The van der Waals surface area contributed by atoms with Crippen LogP contribution in [0.5, 0.6) is 11.5 Å². The van der Waals surface area contributed by atoms with E-state index >= 15 is 0 Å². The zero-order valence-electron chi connectivity index (χ0n) is 13.4. The summed E-state index contributed by atoms with van der Waals surface area (Å²) in [7, 11) is -3.75. The maximum absolute atomic E-state index is 12.6. The van der Waals surface area contributed by atoms with Crippen molar-refractivity contribution in [3.8, 4) is 22.1 Å². The molecule has 0 saturated carbocycles. The molecule has 2 aromatic carbocycles. The van der Waals surface area contributed by atoms with Gasteiger partial charge in [0, 0.05) is 17.3 Å². The third kappa shape index (κ3) is 3.28. The van der Waals surface area contributed by atoms with Gasteiger partial charge in [-0.2, -0.15) is 0 Å². The normalized spacial score (nSPS) is 13.4. The van der Waals surface area contributed by atoms with Crippen LogP contribution in [0.3, 0.4) is 0 Å². The van der Waals surface area contributed by atoms with E-state index in [9.17, 15) is 8.42 Å². The van der Waals surface area contributed by atoms with Gasteiger partial charge in [-0.05, 0) is 36.4 Å². The lowest BCUT2D eigenvalue weighted by Gasteiger charge is -2.19. The SMILES string of the molecule is Nc1nnc(-c2ccc(NS(=O)(=O)c3ccc4c(c3)OCCO4)cc2)s1. The second-order valence-corrected chi connectivity index (χ2v) is 8.13. The van der Waals surface area contributed by atoms with Crippen LogP contribution in [0, 0.1) is 0 Å². The summed E-state index contributed by atoms with van der Waals surface area (Å²) in [6, 6.07) is 11.3. The third-order valence-electron chi connectivity index (χ3n) is 3.65. The molecule has 10 heteroatoms. The number of hydrogen-bond acceptors (Lipinski definition) is 8. The van der Waals surface area contributed by atoms with Crippen molar-refractivity contribution < 1.29 is 17.9 Å². The zero-order valence-corrected chi connectivity index (χ0v) is 15.0. The van der Waals surface area contributed by atoms with Gasteiger partial charge in [-0.25, -0.2) is 8.42 Å². The molecule has 2 heterocycles. The lowest BCUT2D eigenvalue weighted by atomic mass is 10.2. The van der Waals surface area contributed by atoms with Crippen molar-refractivity contribution in [2.75, 3.05) is 23.7 Å². The van der Waals surface area contributed by atoms with E-state index in [1.807, 2.05) is 0 Å². The maximum atomic E-state index is 12.6. The van der Waals surface area contributed by atoms with E-state index in [0.717, 1.165) is 5.56 Å². The Hall–Kier alpha value is -2.85. The summed E-state index contributed by atoms with van der Waals surface area (Å²) >= 11 is 1.26. The largest absolute Gasteiger partial charge is 0.486 e. The summed E-state index contributed by atoms with van der Waals surface area (Å²) < 4.78 is 38.6. The molecule has 26 heavy (non-hydrogen) atoms. The fraction of sp³-hybridized carbons (Fsp3) is 0.125. The first kappa shape index (κ1) is 16.6. The topological polar surface area (TPSA) is 116 Å². The highest BCUT2D eigenvalue weighted by Crippen LogP contribution is 2.33. The standard InChI is InChI=1S/C16H14N4O4S2/c17-16-19-18-15(25-16)10-1-3-11(4-2-10)20-26(21,22)12-5-6-13-14(9-12)24-8-7-23-13/h1-6,9,20H,7-8H2,(H2,17,19). The Balaban J connectivity index is 1.56. The van der Waals surface area contributed by atoms with Gasteiger partial charge >= 0.3 is 0 Å². The summed E-state index contributed by atoms with van der Waals surface area (Å²) in [6.07, 6.45) is 0. The van der Waals surface area contributed by atoms with Crippen molar-refractivity contribution in [1.29, 1.82) is 0 Å². The van der Waals surface area contributed by atoms with Crippen LogP contribution in [-0.4, -0.2) is 31.8 Å². The highest BCUT2D eigenvalue weighted by atomic mass is 32.2. The number of fused-ring (bicyclic) bond motifs is 1. The van der Waals surface area contributed by atoms with Crippen LogP contribution in [0.1, 0.15) is 0 Å². The number of sulfonamides is 1. The van der Waals surface area contributed by atoms with Crippen LogP contribution in [0.4, 0.5) is 10.8 Å². The Morgan fingerprint density at radius 2 is 1.73 bits per heavy atom. The minimum atomic E-state index is -3.75. The number of nitrogens with one attached hydrogen (secondary N) is 1. The number of nitrogens with zero attached hydrogens (tertiary/aromatic N) is 2. The molecule has 4 rings (SSSR count). The second kappa shape index (κ2) is 6.46. The summed E-state index contributed by atoms with van der Waals surface area (Å²) in [5, 5.41) is 8.77. The number of benzene rings is 2. The molecular weight excluding hydrogens is 376 g/mol. The highest BCUT2D eigenvalue weighted by molar-refractivity contribution is 7.92. The number of ether oxygens (including phenoxy) is 2. The first-order valence-corrected chi connectivity index (χ1v) is 9.93. The van der Waals surface area contributed by atoms with Gasteiger partial charge in [0.25, 0.3) is 10.0 Å². The molecule has 3 N–H and O–H groups in total. The van der Waals surface area contributed by atoms with Gasteiger partial charge in [0.05, 0.1) is 4.90 Å². The smallest absolute Gasteiger partial charge is 0.262 e. The summed E-state index contributed by atoms with van der Waals surface area (Å²) in [4.78, 5) is 0.0997. The Morgan fingerprint density at radius 3 is 2.42 bits per heavy atom. The fourth-order valence-electron chi connectivity index (χ4n) is 2.44.